The third-order valence-electron chi connectivity index (χ3n) is 1.46. The zero-order valence-electron chi connectivity index (χ0n) is 7.49. The second-order valence-corrected chi connectivity index (χ2v) is 3.30. The van der Waals surface area contributed by atoms with Crippen molar-refractivity contribution in [3.05, 3.63) is 22.9 Å². The summed E-state index contributed by atoms with van der Waals surface area (Å²) in [5.41, 5.74) is 0. The highest BCUT2D eigenvalue weighted by atomic mass is 79.9. The van der Waals surface area contributed by atoms with Crippen molar-refractivity contribution >= 4 is 27.7 Å². The Morgan fingerprint density at radius 3 is 2.71 bits per heavy atom. The molecular formula is C9H8BrNO3. The van der Waals surface area contributed by atoms with E-state index in [0.29, 0.717) is 4.60 Å². The summed E-state index contributed by atoms with van der Waals surface area (Å²) in [6.07, 6.45) is 1.51. The minimum absolute atomic E-state index is 0.142. The average Bonchev–Trinajstić information content (AvgIpc) is 2.20. The van der Waals surface area contributed by atoms with Gasteiger partial charge in [0.2, 0.25) is 5.78 Å². The minimum Gasteiger partial charge on any atom is -0.419 e. The van der Waals surface area contributed by atoms with Crippen LogP contribution >= 0.6 is 15.9 Å². The normalized spacial score (nSPS) is 9.57. The van der Waals surface area contributed by atoms with Crippen molar-refractivity contribution in [3.8, 4) is 5.75 Å². The summed E-state index contributed by atoms with van der Waals surface area (Å²) in [5, 5.41) is 0. The van der Waals surface area contributed by atoms with Crippen LogP contribution in [0.1, 0.15) is 13.3 Å². The molecule has 0 atom stereocenters. The first kappa shape index (κ1) is 10.8. The summed E-state index contributed by atoms with van der Waals surface area (Å²) in [7, 11) is 0. The van der Waals surface area contributed by atoms with Crippen molar-refractivity contribution in [1.82, 2.24) is 4.98 Å². The van der Waals surface area contributed by atoms with Gasteiger partial charge in [-0.2, -0.15) is 0 Å². The summed E-state index contributed by atoms with van der Waals surface area (Å²) in [6.45, 7) is 1.60. The maximum Gasteiger partial charge on any atom is 0.380 e. The highest BCUT2D eigenvalue weighted by Crippen LogP contribution is 2.12. The van der Waals surface area contributed by atoms with Crippen LogP contribution in [0.2, 0.25) is 0 Å². The van der Waals surface area contributed by atoms with Crippen molar-refractivity contribution in [2.45, 2.75) is 13.3 Å². The van der Waals surface area contributed by atoms with E-state index in [2.05, 4.69) is 20.9 Å². The fourth-order valence-corrected chi connectivity index (χ4v) is 0.965. The van der Waals surface area contributed by atoms with E-state index in [-0.39, 0.29) is 12.2 Å². The number of carbonyl (C=O) groups is 2. The van der Waals surface area contributed by atoms with Gasteiger partial charge in [0, 0.05) is 6.42 Å². The summed E-state index contributed by atoms with van der Waals surface area (Å²) < 4.78 is 5.39. The van der Waals surface area contributed by atoms with Gasteiger partial charge in [-0.25, -0.2) is 9.78 Å². The number of halogens is 1. The molecule has 0 saturated heterocycles. The third-order valence-corrected chi connectivity index (χ3v) is 1.93. The van der Waals surface area contributed by atoms with Crippen LogP contribution in [0.25, 0.3) is 0 Å². The van der Waals surface area contributed by atoms with E-state index in [0.717, 1.165) is 0 Å². The molecule has 0 saturated carbocycles. The maximum absolute atomic E-state index is 11.0. The lowest BCUT2D eigenvalue weighted by Crippen LogP contribution is -2.19. The molecular weight excluding hydrogens is 250 g/mol. The van der Waals surface area contributed by atoms with Crippen LogP contribution in [-0.4, -0.2) is 16.7 Å². The van der Waals surface area contributed by atoms with E-state index in [9.17, 15) is 9.59 Å². The Hall–Kier alpha value is -1.23. The molecule has 5 heteroatoms. The molecule has 74 valence electrons. The van der Waals surface area contributed by atoms with E-state index < -0.39 is 11.8 Å². The van der Waals surface area contributed by atoms with Gasteiger partial charge in [-0.1, -0.05) is 6.92 Å². The quantitative estimate of drug-likeness (QED) is 0.470. The molecule has 0 aliphatic rings. The summed E-state index contributed by atoms with van der Waals surface area (Å²) in [4.78, 5) is 25.7. The number of ether oxygens (including phenoxy) is 1. The van der Waals surface area contributed by atoms with Crippen LogP contribution in [0.15, 0.2) is 22.9 Å². The Morgan fingerprint density at radius 1 is 1.50 bits per heavy atom. The molecule has 1 aromatic heterocycles. The number of hydrogen-bond acceptors (Lipinski definition) is 4. The van der Waals surface area contributed by atoms with E-state index in [1.54, 1.807) is 19.1 Å². The van der Waals surface area contributed by atoms with Gasteiger partial charge < -0.3 is 4.74 Å². The molecule has 0 aliphatic carbocycles. The number of esters is 1. The van der Waals surface area contributed by atoms with Gasteiger partial charge in [-0.3, -0.25) is 4.79 Å². The first-order chi connectivity index (χ1) is 6.63. The van der Waals surface area contributed by atoms with E-state index >= 15 is 0 Å². The fourth-order valence-electron chi connectivity index (χ4n) is 0.731. The Bertz CT molecular complexity index is 348. The SMILES string of the molecule is CCC(=O)C(=O)Oc1ccc(Br)nc1. The second-order valence-electron chi connectivity index (χ2n) is 2.48. The van der Waals surface area contributed by atoms with Crippen molar-refractivity contribution in [2.75, 3.05) is 0 Å². The molecule has 0 radical (unpaired) electrons. The average molecular weight is 258 g/mol. The maximum atomic E-state index is 11.0. The van der Waals surface area contributed by atoms with Crippen molar-refractivity contribution in [1.29, 1.82) is 0 Å². The van der Waals surface area contributed by atoms with Gasteiger partial charge in [0.1, 0.15) is 10.4 Å². The highest BCUT2D eigenvalue weighted by molar-refractivity contribution is 9.10. The molecule has 1 aromatic rings. The molecule has 1 rings (SSSR count). The lowest BCUT2D eigenvalue weighted by molar-refractivity contribution is -0.146. The molecule has 0 N–H and O–H groups in total. The highest BCUT2D eigenvalue weighted by Gasteiger charge is 2.13. The molecule has 0 fully saturated rings. The number of hydrogen-bond donors (Lipinski definition) is 0. The van der Waals surface area contributed by atoms with Crippen LogP contribution in [-0.2, 0) is 9.59 Å². The van der Waals surface area contributed by atoms with Crippen LogP contribution < -0.4 is 4.74 Å². The number of ketones is 1. The third kappa shape index (κ3) is 2.92. The number of carbonyl (C=O) groups excluding carboxylic acids is 2. The van der Waals surface area contributed by atoms with E-state index in [1.165, 1.54) is 6.20 Å². The molecule has 0 aromatic carbocycles. The standard InChI is InChI=1S/C9H8BrNO3/c1-2-7(12)9(13)14-6-3-4-8(10)11-5-6/h3-5H,2H2,1H3. The first-order valence-electron chi connectivity index (χ1n) is 4.00. The van der Waals surface area contributed by atoms with Gasteiger partial charge in [-0.05, 0) is 28.1 Å². The van der Waals surface area contributed by atoms with Gasteiger partial charge in [-0.15, -0.1) is 0 Å². The number of aromatic nitrogens is 1. The fraction of sp³-hybridized carbons (Fsp3) is 0.222. The predicted molar refractivity (Wildman–Crippen MR) is 52.9 cm³/mol. The van der Waals surface area contributed by atoms with Crippen LogP contribution in [0.4, 0.5) is 0 Å². The first-order valence-corrected chi connectivity index (χ1v) is 4.79. The van der Waals surface area contributed by atoms with Crippen LogP contribution in [0.3, 0.4) is 0 Å². The van der Waals surface area contributed by atoms with Crippen molar-refractivity contribution < 1.29 is 14.3 Å². The molecule has 14 heavy (non-hydrogen) atoms. The number of Topliss-reactive ketones (excluding diaryl/α,β-unsaturated/α-hetero) is 1. The molecule has 0 unspecified atom stereocenters. The summed E-state index contributed by atoms with van der Waals surface area (Å²) >= 11 is 3.14. The molecule has 0 aliphatic heterocycles. The van der Waals surface area contributed by atoms with Gasteiger partial charge in [0.25, 0.3) is 0 Å². The zero-order chi connectivity index (χ0) is 10.6. The monoisotopic (exact) mass is 257 g/mol. The Labute approximate surface area is 89.4 Å². The number of pyridine rings is 1. The van der Waals surface area contributed by atoms with Gasteiger partial charge in [0.15, 0.2) is 0 Å². The summed E-state index contributed by atoms with van der Waals surface area (Å²) in [5.74, 6) is -1.13. The van der Waals surface area contributed by atoms with Crippen LogP contribution in [0.5, 0.6) is 5.75 Å². The molecule has 4 nitrogen and oxygen atoms in total. The van der Waals surface area contributed by atoms with Gasteiger partial charge in [0.05, 0.1) is 6.20 Å². The Kier molecular flexibility index (Phi) is 3.76. The van der Waals surface area contributed by atoms with Crippen molar-refractivity contribution in [2.24, 2.45) is 0 Å². The molecule has 0 bridgehead atoms. The van der Waals surface area contributed by atoms with E-state index in [1.807, 2.05) is 0 Å². The van der Waals surface area contributed by atoms with Crippen molar-refractivity contribution in [3.63, 3.8) is 0 Å². The van der Waals surface area contributed by atoms with E-state index in [4.69, 9.17) is 4.74 Å². The number of rotatable bonds is 3. The Morgan fingerprint density at radius 2 is 2.21 bits per heavy atom. The zero-order valence-corrected chi connectivity index (χ0v) is 9.08. The predicted octanol–water partition coefficient (Wildman–Crippen LogP) is 1.73. The number of nitrogens with zero attached hydrogens (tertiary/aromatic N) is 1. The Balaban J connectivity index is 2.65. The molecule has 0 amide bonds. The lowest BCUT2D eigenvalue weighted by Gasteiger charge is -2.01. The molecule has 0 spiro atoms. The minimum atomic E-state index is -0.850. The topological polar surface area (TPSA) is 56.3 Å². The largest absolute Gasteiger partial charge is 0.419 e. The lowest BCUT2D eigenvalue weighted by atomic mass is 10.3. The molecule has 1 heterocycles. The smallest absolute Gasteiger partial charge is 0.380 e. The van der Waals surface area contributed by atoms with Crippen LogP contribution in [0, 0.1) is 0 Å². The summed E-state index contributed by atoms with van der Waals surface area (Å²) in [6, 6.07) is 3.18. The van der Waals surface area contributed by atoms with Gasteiger partial charge >= 0.3 is 5.97 Å². The second kappa shape index (κ2) is 4.85.